The molecule has 0 bridgehead atoms. The Hall–Kier alpha value is -1.10. The summed E-state index contributed by atoms with van der Waals surface area (Å²) in [5.74, 6) is -0.803. The summed E-state index contributed by atoms with van der Waals surface area (Å²) in [6.07, 6.45) is 1.84. The minimum atomic E-state index is -0.867. The number of rotatable bonds is 4. The number of hydrogen-bond donors (Lipinski definition) is 2. The van der Waals surface area contributed by atoms with Crippen LogP contribution in [-0.2, 0) is 9.59 Å². The maximum Gasteiger partial charge on any atom is 0.305 e. The first-order chi connectivity index (χ1) is 8.67. The molecule has 1 heterocycles. The molecule has 1 rings (SSSR count). The number of nitrogens with one attached hydrogen (secondary N) is 1. The maximum absolute atomic E-state index is 12.8. The Morgan fingerprint density at radius 1 is 1.37 bits per heavy atom. The van der Waals surface area contributed by atoms with Gasteiger partial charge < -0.3 is 15.3 Å². The number of hydrogen-bond acceptors (Lipinski definition) is 3. The number of amides is 1. The average molecular weight is 270 g/mol. The topological polar surface area (TPSA) is 69.6 Å². The van der Waals surface area contributed by atoms with Gasteiger partial charge in [-0.15, -0.1) is 0 Å². The quantitative estimate of drug-likeness (QED) is 0.812. The molecule has 110 valence electrons. The molecule has 1 saturated heterocycles. The fourth-order valence-corrected chi connectivity index (χ4v) is 2.51. The highest BCUT2D eigenvalue weighted by Gasteiger charge is 2.40. The lowest BCUT2D eigenvalue weighted by atomic mass is 9.80. The van der Waals surface area contributed by atoms with Crippen molar-refractivity contribution >= 4 is 11.9 Å². The van der Waals surface area contributed by atoms with Crippen molar-refractivity contribution in [1.82, 2.24) is 10.2 Å². The molecule has 1 atom stereocenters. The zero-order valence-electron chi connectivity index (χ0n) is 12.5. The second-order valence-electron chi connectivity index (χ2n) is 6.61. The van der Waals surface area contributed by atoms with Gasteiger partial charge in [-0.3, -0.25) is 9.59 Å². The van der Waals surface area contributed by atoms with Gasteiger partial charge in [-0.2, -0.15) is 0 Å². The molecule has 1 fully saturated rings. The average Bonchev–Trinajstić information content (AvgIpc) is 2.27. The third-order valence-corrected chi connectivity index (χ3v) is 3.72. The van der Waals surface area contributed by atoms with Crippen LogP contribution in [0.5, 0.6) is 0 Å². The highest BCUT2D eigenvalue weighted by molar-refractivity contribution is 5.84. The third-order valence-electron chi connectivity index (χ3n) is 3.72. The molecule has 1 aliphatic rings. The molecule has 0 aliphatic carbocycles. The fraction of sp³-hybridized carbons (Fsp3) is 0.857. The number of carbonyl (C=O) groups excluding carboxylic acids is 1. The molecule has 0 saturated carbocycles. The highest BCUT2D eigenvalue weighted by atomic mass is 16.4. The largest absolute Gasteiger partial charge is 0.481 e. The summed E-state index contributed by atoms with van der Waals surface area (Å²) in [6, 6.07) is 0. The summed E-state index contributed by atoms with van der Waals surface area (Å²) < 4.78 is 0. The van der Waals surface area contributed by atoms with E-state index in [2.05, 4.69) is 5.32 Å². The predicted octanol–water partition coefficient (Wildman–Crippen LogP) is 1.48. The first kappa shape index (κ1) is 16.0. The maximum atomic E-state index is 12.8. The number of carboxylic acids is 1. The van der Waals surface area contributed by atoms with Crippen molar-refractivity contribution in [2.75, 3.05) is 19.6 Å². The summed E-state index contributed by atoms with van der Waals surface area (Å²) in [7, 11) is 0. The van der Waals surface area contributed by atoms with Gasteiger partial charge in [0.15, 0.2) is 0 Å². The molecule has 1 aliphatic heterocycles. The lowest BCUT2D eigenvalue weighted by Crippen LogP contribution is -2.56. The van der Waals surface area contributed by atoms with Gasteiger partial charge in [0.25, 0.3) is 0 Å². The third kappa shape index (κ3) is 4.20. The van der Waals surface area contributed by atoms with E-state index in [9.17, 15) is 9.59 Å². The van der Waals surface area contributed by atoms with Crippen molar-refractivity contribution in [2.45, 2.75) is 52.5 Å². The van der Waals surface area contributed by atoms with Crippen molar-refractivity contribution in [1.29, 1.82) is 0 Å². The Bertz CT molecular complexity index is 341. The molecule has 0 aromatic carbocycles. The van der Waals surface area contributed by atoms with Crippen molar-refractivity contribution in [3.05, 3.63) is 0 Å². The van der Waals surface area contributed by atoms with Gasteiger partial charge in [-0.05, 0) is 47.1 Å². The fourth-order valence-electron chi connectivity index (χ4n) is 2.51. The van der Waals surface area contributed by atoms with Crippen LogP contribution >= 0.6 is 0 Å². The van der Waals surface area contributed by atoms with E-state index in [0.29, 0.717) is 6.54 Å². The molecule has 5 heteroatoms. The van der Waals surface area contributed by atoms with Gasteiger partial charge in [-0.25, -0.2) is 0 Å². The van der Waals surface area contributed by atoms with Crippen molar-refractivity contribution < 1.29 is 14.7 Å². The van der Waals surface area contributed by atoms with E-state index < -0.39 is 11.4 Å². The van der Waals surface area contributed by atoms with E-state index in [1.807, 2.05) is 27.7 Å². The van der Waals surface area contributed by atoms with Gasteiger partial charge in [0.2, 0.25) is 5.91 Å². The predicted molar refractivity (Wildman–Crippen MR) is 73.9 cm³/mol. The second-order valence-corrected chi connectivity index (χ2v) is 6.61. The molecular weight excluding hydrogens is 244 g/mol. The van der Waals surface area contributed by atoms with Gasteiger partial charge >= 0.3 is 5.97 Å². The second kappa shape index (κ2) is 5.90. The van der Waals surface area contributed by atoms with E-state index in [1.165, 1.54) is 0 Å². The van der Waals surface area contributed by atoms with Crippen molar-refractivity contribution in [2.24, 2.45) is 5.41 Å². The molecule has 0 aromatic rings. The molecule has 0 radical (unpaired) electrons. The normalized spacial score (nSPS) is 24.0. The van der Waals surface area contributed by atoms with Crippen LogP contribution in [0.1, 0.15) is 47.0 Å². The number of carboxylic acid groups (broad SMARTS) is 1. The summed E-state index contributed by atoms with van der Waals surface area (Å²) in [4.78, 5) is 25.2. The van der Waals surface area contributed by atoms with Crippen LogP contribution in [-0.4, -0.2) is 47.1 Å². The lowest BCUT2D eigenvalue weighted by Gasteiger charge is -2.43. The Labute approximate surface area is 115 Å². The molecule has 5 nitrogen and oxygen atoms in total. The van der Waals surface area contributed by atoms with E-state index in [0.717, 1.165) is 19.4 Å². The first-order valence-corrected chi connectivity index (χ1v) is 6.91. The Balaban J connectivity index is 2.84. The summed E-state index contributed by atoms with van der Waals surface area (Å²) in [6.45, 7) is 9.72. The molecule has 1 unspecified atom stereocenters. The number of aliphatic carboxylic acids is 1. The lowest BCUT2D eigenvalue weighted by molar-refractivity contribution is -0.148. The molecule has 0 spiro atoms. The Morgan fingerprint density at radius 3 is 2.42 bits per heavy atom. The number of carbonyl (C=O) groups is 2. The van der Waals surface area contributed by atoms with Crippen LogP contribution in [0.15, 0.2) is 0 Å². The van der Waals surface area contributed by atoms with Crippen LogP contribution in [0.4, 0.5) is 0 Å². The van der Waals surface area contributed by atoms with Gasteiger partial charge in [-0.1, -0.05) is 0 Å². The van der Waals surface area contributed by atoms with Crippen LogP contribution < -0.4 is 5.32 Å². The molecule has 1 amide bonds. The molecule has 19 heavy (non-hydrogen) atoms. The van der Waals surface area contributed by atoms with Crippen LogP contribution in [0, 0.1) is 5.41 Å². The van der Waals surface area contributed by atoms with E-state index >= 15 is 0 Å². The molecule has 2 N–H and O–H groups in total. The summed E-state index contributed by atoms with van der Waals surface area (Å²) in [5.41, 5.74) is -0.767. The zero-order valence-corrected chi connectivity index (χ0v) is 12.5. The van der Waals surface area contributed by atoms with Crippen molar-refractivity contribution in [3.63, 3.8) is 0 Å². The highest BCUT2D eigenvalue weighted by Crippen LogP contribution is 2.31. The Morgan fingerprint density at radius 2 is 2.00 bits per heavy atom. The minimum absolute atomic E-state index is 0.00742. The first-order valence-electron chi connectivity index (χ1n) is 6.91. The van der Waals surface area contributed by atoms with E-state index in [4.69, 9.17) is 5.11 Å². The SMILES string of the molecule is CC1(C(=O)N(CCC(=O)O)C(C)(C)C)CCCNC1. The minimum Gasteiger partial charge on any atom is -0.481 e. The van der Waals surface area contributed by atoms with Gasteiger partial charge in [0.1, 0.15) is 0 Å². The van der Waals surface area contributed by atoms with Crippen LogP contribution in [0.2, 0.25) is 0 Å². The monoisotopic (exact) mass is 270 g/mol. The smallest absolute Gasteiger partial charge is 0.305 e. The van der Waals surface area contributed by atoms with E-state index in [-0.39, 0.29) is 24.4 Å². The summed E-state index contributed by atoms with van der Waals surface area (Å²) in [5, 5.41) is 12.1. The standard InChI is InChI=1S/C14H26N2O3/c1-13(2,3)16(9-6-11(17)18)12(19)14(4)7-5-8-15-10-14/h15H,5-10H2,1-4H3,(H,17,18). The van der Waals surface area contributed by atoms with Crippen LogP contribution in [0.3, 0.4) is 0 Å². The molecular formula is C14H26N2O3. The molecule has 0 aromatic heterocycles. The van der Waals surface area contributed by atoms with Crippen molar-refractivity contribution in [3.8, 4) is 0 Å². The van der Waals surface area contributed by atoms with Crippen LogP contribution in [0.25, 0.3) is 0 Å². The number of piperidine rings is 1. The Kier molecular flexibility index (Phi) is 4.96. The number of nitrogens with zero attached hydrogens (tertiary/aromatic N) is 1. The zero-order chi connectivity index (χ0) is 14.7. The van der Waals surface area contributed by atoms with Gasteiger partial charge in [0, 0.05) is 18.6 Å². The summed E-state index contributed by atoms with van der Waals surface area (Å²) >= 11 is 0. The van der Waals surface area contributed by atoms with E-state index in [1.54, 1.807) is 4.90 Å². The van der Waals surface area contributed by atoms with Gasteiger partial charge in [0.05, 0.1) is 11.8 Å².